The van der Waals surface area contributed by atoms with Gasteiger partial charge in [-0.05, 0) is 26.0 Å². The van der Waals surface area contributed by atoms with E-state index in [2.05, 4.69) is 16.6 Å². The lowest BCUT2D eigenvalue weighted by atomic mass is 10.00. The van der Waals surface area contributed by atoms with Gasteiger partial charge in [0.15, 0.2) is 0 Å². The number of alkyl halides is 3. The molecule has 4 nitrogen and oxygen atoms in total. The van der Waals surface area contributed by atoms with Crippen molar-refractivity contribution in [3.8, 4) is 0 Å². The Kier molecular flexibility index (Phi) is 5.84. The van der Waals surface area contributed by atoms with E-state index in [-0.39, 0.29) is 29.2 Å². The summed E-state index contributed by atoms with van der Waals surface area (Å²) in [5, 5.41) is 2.73. The van der Waals surface area contributed by atoms with E-state index < -0.39 is 17.7 Å². The standard InChI is InChI=1S/C15H18F3NO3/c1-5-19-13-8-12(15(16,17)18)10(9(3)22-6-2)7-11(13)14(20)21-4/h7-8,19H,3,5-6H2,1-2,4H3. The maximum Gasteiger partial charge on any atom is 0.417 e. The molecule has 122 valence electrons. The monoisotopic (exact) mass is 317 g/mol. The first-order valence-electron chi connectivity index (χ1n) is 6.65. The molecule has 1 aromatic rings. The normalized spacial score (nSPS) is 11.0. The molecule has 0 aliphatic rings. The first kappa shape index (κ1) is 17.9. The Balaban J connectivity index is 3.57. The van der Waals surface area contributed by atoms with Crippen LogP contribution in [-0.4, -0.2) is 26.2 Å². The Labute approximate surface area is 126 Å². The van der Waals surface area contributed by atoms with Gasteiger partial charge in [-0.1, -0.05) is 6.58 Å². The van der Waals surface area contributed by atoms with Crippen molar-refractivity contribution in [3.05, 3.63) is 35.4 Å². The molecule has 0 amide bonds. The molecule has 0 spiro atoms. The van der Waals surface area contributed by atoms with Crippen molar-refractivity contribution in [1.29, 1.82) is 0 Å². The number of ether oxygens (including phenoxy) is 2. The Hall–Kier alpha value is -2.18. The zero-order chi connectivity index (χ0) is 16.9. The van der Waals surface area contributed by atoms with Gasteiger partial charge in [0, 0.05) is 17.8 Å². The predicted octanol–water partition coefficient (Wildman–Crippen LogP) is 3.93. The summed E-state index contributed by atoms with van der Waals surface area (Å²) in [6.07, 6.45) is -4.60. The minimum absolute atomic E-state index is 0.00629. The smallest absolute Gasteiger partial charge is 0.417 e. The molecule has 0 aliphatic carbocycles. The number of carbonyl (C=O) groups excluding carboxylic acids is 1. The Bertz CT molecular complexity index is 568. The van der Waals surface area contributed by atoms with Crippen LogP contribution in [0.2, 0.25) is 0 Å². The van der Waals surface area contributed by atoms with Crippen molar-refractivity contribution in [2.24, 2.45) is 0 Å². The van der Waals surface area contributed by atoms with Gasteiger partial charge in [-0.25, -0.2) is 4.79 Å². The van der Waals surface area contributed by atoms with Gasteiger partial charge in [0.1, 0.15) is 5.76 Å². The molecule has 0 aromatic heterocycles. The van der Waals surface area contributed by atoms with Crippen LogP contribution in [0.4, 0.5) is 18.9 Å². The second-order valence-electron chi connectivity index (χ2n) is 4.32. The van der Waals surface area contributed by atoms with E-state index in [4.69, 9.17) is 4.74 Å². The lowest BCUT2D eigenvalue weighted by Crippen LogP contribution is -2.15. The number of rotatable bonds is 6. The van der Waals surface area contributed by atoms with Gasteiger partial charge in [0.2, 0.25) is 0 Å². The number of benzene rings is 1. The van der Waals surface area contributed by atoms with Crippen LogP contribution < -0.4 is 5.32 Å². The summed E-state index contributed by atoms with van der Waals surface area (Å²) in [6, 6.07) is 1.96. The van der Waals surface area contributed by atoms with E-state index in [1.807, 2.05) is 0 Å². The molecule has 0 saturated heterocycles. The SMILES string of the molecule is C=C(OCC)c1cc(C(=O)OC)c(NCC)cc1C(F)(F)F. The van der Waals surface area contributed by atoms with Crippen LogP contribution in [0, 0.1) is 0 Å². The van der Waals surface area contributed by atoms with Gasteiger partial charge in [-0.2, -0.15) is 13.2 Å². The fraction of sp³-hybridized carbons (Fsp3) is 0.400. The molecule has 0 aliphatic heterocycles. The van der Waals surface area contributed by atoms with E-state index in [1.54, 1.807) is 13.8 Å². The summed E-state index contributed by atoms with van der Waals surface area (Å²) in [5.41, 5.74) is -1.16. The number of anilines is 1. The molecule has 7 heteroatoms. The third-order valence-electron chi connectivity index (χ3n) is 2.85. The molecule has 0 radical (unpaired) electrons. The van der Waals surface area contributed by atoms with E-state index in [1.165, 1.54) is 0 Å². The van der Waals surface area contributed by atoms with Crippen molar-refractivity contribution in [3.63, 3.8) is 0 Å². The molecule has 0 saturated carbocycles. The summed E-state index contributed by atoms with van der Waals surface area (Å²) >= 11 is 0. The molecule has 0 bridgehead atoms. The highest BCUT2D eigenvalue weighted by atomic mass is 19.4. The largest absolute Gasteiger partial charge is 0.494 e. The number of carbonyl (C=O) groups is 1. The Morgan fingerprint density at radius 3 is 2.36 bits per heavy atom. The molecule has 0 heterocycles. The van der Waals surface area contributed by atoms with Gasteiger partial charge in [-0.15, -0.1) is 0 Å². The fourth-order valence-electron chi connectivity index (χ4n) is 1.93. The highest BCUT2D eigenvalue weighted by Gasteiger charge is 2.36. The van der Waals surface area contributed by atoms with Crippen molar-refractivity contribution >= 4 is 17.4 Å². The summed E-state index contributed by atoms with van der Waals surface area (Å²) in [5.74, 6) is -0.891. The molecular weight excluding hydrogens is 299 g/mol. The minimum Gasteiger partial charge on any atom is -0.494 e. The minimum atomic E-state index is -4.60. The quantitative estimate of drug-likeness (QED) is 0.638. The first-order chi connectivity index (χ1) is 10.3. The van der Waals surface area contributed by atoms with Gasteiger partial charge >= 0.3 is 12.1 Å². The highest BCUT2D eigenvalue weighted by molar-refractivity contribution is 5.97. The van der Waals surface area contributed by atoms with Gasteiger partial charge in [0.05, 0.1) is 24.8 Å². The van der Waals surface area contributed by atoms with Crippen LogP contribution >= 0.6 is 0 Å². The van der Waals surface area contributed by atoms with Crippen molar-refractivity contribution < 1.29 is 27.4 Å². The lowest BCUT2D eigenvalue weighted by molar-refractivity contribution is -0.137. The molecule has 1 aromatic carbocycles. The van der Waals surface area contributed by atoms with Gasteiger partial charge in [-0.3, -0.25) is 0 Å². The zero-order valence-corrected chi connectivity index (χ0v) is 12.6. The Morgan fingerprint density at radius 2 is 1.91 bits per heavy atom. The van der Waals surface area contributed by atoms with E-state index >= 15 is 0 Å². The summed E-state index contributed by atoms with van der Waals surface area (Å²) in [4.78, 5) is 11.8. The average molecular weight is 317 g/mol. The zero-order valence-electron chi connectivity index (χ0n) is 12.6. The van der Waals surface area contributed by atoms with E-state index in [9.17, 15) is 18.0 Å². The van der Waals surface area contributed by atoms with Gasteiger partial charge < -0.3 is 14.8 Å². The number of methoxy groups -OCH3 is 1. The van der Waals surface area contributed by atoms with Crippen LogP contribution in [0.25, 0.3) is 5.76 Å². The van der Waals surface area contributed by atoms with Crippen LogP contribution in [-0.2, 0) is 15.7 Å². The summed E-state index contributed by atoms with van der Waals surface area (Å²) < 4.78 is 49.4. The third-order valence-corrected chi connectivity index (χ3v) is 2.85. The molecule has 0 atom stereocenters. The van der Waals surface area contributed by atoms with E-state index in [0.717, 1.165) is 19.2 Å². The molecular formula is C15H18F3NO3. The second kappa shape index (κ2) is 7.20. The second-order valence-corrected chi connectivity index (χ2v) is 4.32. The van der Waals surface area contributed by atoms with Crippen LogP contribution in [0.5, 0.6) is 0 Å². The maximum atomic E-state index is 13.2. The number of hydrogen-bond acceptors (Lipinski definition) is 4. The molecule has 0 unspecified atom stereocenters. The number of esters is 1. The molecule has 0 fully saturated rings. The molecule has 1 N–H and O–H groups in total. The number of halogens is 3. The summed E-state index contributed by atoms with van der Waals surface area (Å²) in [6.45, 7) is 7.36. The van der Waals surface area contributed by atoms with Crippen molar-refractivity contribution in [2.45, 2.75) is 20.0 Å². The average Bonchev–Trinajstić information content (AvgIpc) is 2.45. The van der Waals surface area contributed by atoms with Gasteiger partial charge in [0.25, 0.3) is 0 Å². The fourth-order valence-corrected chi connectivity index (χ4v) is 1.93. The lowest BCUT2D eigenvalue weighted by Gasteiger charge is -2.19. The third kappa shape index (κ3) is 3.93. The van der Waals surface area contributed by atoms with E-state index in [0.29, 0.717) is 6.54 Å². The Morgan fingerprint density at radius 1 is 1.27 bits per heavy atom. The molecule has 1 rings (SSSR count). The topological polar surface area (TPSA) is 47.6 Å². The predicted molar refractivity (Wildman–Crippen MR) is 77.6 cm³/mol. The van der Waals surface area contributed by atoms with Crippen LogP contribution in [0.3, 0.4) is 0 Å². The number of hydrogen-bond donors (Lipinski definition) is 1. The first-order valence-corrected chi connectivity index (χ1v) is 6.65. The summed E-state index contributed by atoms with van der Waals surface area (Å²) in [7, 11) is 1.16. The van der Waals surface area contributed by atoms with Crippen molar-refractivity contribution in [1.82, 2.24) is 0 Å². The van der Waals surface area contributed by atoms with Crippen molar-refractivity contribution in [2.75, 3.05) is 25.6 Å². The van der Waals surface area contributed by atoms with Crippen LogP contribution in [0.1, 0.15) is 35.3 Å². The van der Waals surface area contributed by atoms with Crippen LogP contribution in [0.15, 0.2) is 18.7 Å². The number of nitrogens with one attached hydrogen (secondary N) is 1. The highest BCUT2D eigenvalue weighted by Crippen LogP contribution is 2.38. The molecule has 22 heavy (non-hydrogen) atoms. The maximum absolute atomic E-state index is 13.2.